The number of methoxy groups -OCH3 is 2. The maximum absolute atomic E-state index is 11.4. The van der Waals surface area contributed by atoms with E-state index in [1.165, 1.54) is 5.56 Å². The van der Waals surface area contributed by atoms with Crippen LogP contribution in [-0.4, -0.2) is 79.8 Å². The Hall–Kier alpha value is -3.43. The molecule has 0 amide bonds. The third-order valence-electron chi connectivity index (χ3n) is 7.05. The van der Waals surface area contributed by atoms with Gasteiger partial charge in [-0.3, -0.25) is 4.90 Å². The van der Waals surface area contributed by atoms with E-state index in [1.807, 2.05) is 24.1 Å². The summed E-state index contributed by atoms with van der Waals surface area (Å²) in [5, 5.41) is 10.3. The lowest BCUT2D eigenvalue weighted by Crippen LogP contribution is -2.52. The first-order valence-corrected chi connectivity index (χ1v) is 11.7. The maximum atomic E-state index is 11.4. The Morgan fingerprint density at radius 3 is 2.40 bits per heavy atom. The number of piperidine rings is 1. The van der Waals surface area contributed by atoms with Crippen molar-refractivity contribution in [3.63, 3.8) is 0 Å². The van der Waals surface area contributed by atoms with Gasteiger partial charge in [0.1, 0.15) is 12.1 Å². The summed E-state index contributed by atoms with van der Waals surface area (Å²) in [5.74, 6) is 2.05. The highest BCUT2D eigenvalue weighted by atomic mass is 16.5. The number of anilines is 2. The summed E-state index contributed by atoms with van der Waals surface area (Å²) in [7, 11) is 5.14. The Labute approximate surface area is 205 Å². The van der Waals surface area contributed by atoms with Crippen molar-refractivity contribution in [2.75, 3.05) is 58.1 Å². The fourth-order valence-electron chi connectivity index (χ4n) is 5.02. The van der Waals surface area contributed by atoms with Gasteiger partial charge >= 0.3 is 0 Å². The lowest BCUT2D eigenvalue weighted by Gasteiger charge is -2.45. The van der Waals surface area contributed by atoms with Crippen molar-refractivity contribution in [3.05, 3.63) is 48.0 Å². The molecule has 4 rings (SSSR count). The highest BCUT2D eigenvalue weighted by molar-refractivity contribution is 5.91. The number of fused-ring (bicyclic) bond motifs is 1. The third-order valence-corrected chi connectivity index (χ3v) is 7.05. The minimum atomic E-state index is -0.461. The van der Waals surface area contributed by atoms with Crippen LogP contribution in [0.4, 0.5) is 11.8 Å². The molecule has 0 spiro atoms. The fourth-order valence-corrected chi connectivity index (χ4v) is 5.02. The average Bonchev–Trinajstić information content (AvgIpc) is 2.90. The number of carbonyl (C=O) groups is 1. The Morgan fingerprint density at radius 1 is 1.14 bits per heavy atom. The lowest BCUT2D eigenvalue weighted by molar-refractivity contribution is -0.114. The van der Waals surface area contributed by atoms with E-state index in [4.69, 9.17) is 20.2 Å². The highest BCUT2D eigenvalue weighted by Gasteiger charge is 2.39. The number of rotatable bonds is 9. The second-order valence-electron chi connectivity index (χ2n) is 9.06. The molecule has 1 atom stereocenters. The van der Waals surface area contributed by atoms with Gasteiger partial charge in [0.25, 0.3) is 0 Å². The van der Waals surface area contributed by atoms with Crippen LogP contribution in [0.15, 0.2) is 42.5 Å². The zero-order valence-electron chi connectivity index (χ0n) is 20.5. The second-order valence-corrected chi connectivity index (χ2v) is 9.06. The van der Waals surface area contributed by atoms with Gasteiger partial charge in [-0.2, -0.15) is 4.98 Å². The predicted molar refractivity (Wildman–Crippen MR) is 136 cm³/mol. The van der Waals surface area contributed by atoms with Gasteiger partial charge in [0.2, 0.25) is 5.95 Å². The lowest BCUT2D eigenvalue weighted by atomic mass is 9.72. The number of ether oxygens (including phenoxy) is 2. The molecule has 35 heavy (non-hydrogen) atoms. The van der Waals surface area contributed by atoms with E-state index in [1.54, 1.807) is 20.3 Å². The van der Waals surface area contributed by atoms with E-state index in [0.717, 1.165) is 19.1 Å². The summed E-state index contributed by atoms with van der Waals surface area (Å²) >= 11 is 0. The van der Waals surface area contributed by atoms with Gasteiger partial charge in [0.05, 0.1) is 32.4 Å². The summed E-state index contributed by atoms with van der Waals surface area (Å²) < 4.78 is 10.8. The number of aliphatic hydroxyl groups excluding tert-OH is 1. The minimum absolute atomic E-state index is 0.166. The van der Waals surface area contributed by atoms with Crippen LogP contribution in [0.1, 0.15) is 18.4 Å². The number of hydrogen-bond acceptors (Lipinski definition) is 9. The van der Waals surface area contributed by atoms with Crippen LogP contribution in [0.2, 0.25) is 0 Å². The van der Waals surface area contributed by atoms with Gasteiger partial charge in [-0.25, -0.2) is 4.98 Å². The number of aliphatic hydroxyl groups is 1. The molecule has 2 heterocycles. The normalized spacial score (nSPS) is 16.6. The first-order valence-electron chi connectivity index (χ1n) is 11.7. The molecule has 3 aromatic rings. The number of likely N-dealkylation sites (tertiary alicyclic amines) is 1. The van der Waals surface area contributed by atoms with Crippen LogP contribution in [0, 0.1) is 0 Å². The zero-order valence-corrected chi connectivity index (χ0v) is 20.5. The van der Waals surface area contributed by atoms with Crippen molar-refractivity contribution < 1.29 is 19.4 Å². The second kappa shape index (κ2) is 10.5. The summed E-state index contributed by atoms with van der Waals surface area (Å²) in [6, 6.07) is 13.6. The topological polar surface area (TPSA) is 114 Å². The monoisotopic (exact) mass is 479 g/mol. The smallest absolute Gasteiger partial charge is 0.227 e. The van der Waals surface area contributed by atoms with Crippen LogP contribution in [-0.2, 0) is 10.2 Å². The van der Waals surface area contributed by atoms with Crippen molar-refractivity contribution in [1.29, 1.82) is 0 Å². The predicted octanol–water partition coefficient (Wildman–Crippen LogP) is 2.26. The molecule has 3 N–H and O–H groups in total. The molecule has 186 valence electrons. The molecule has 1 saturated heterocycles. The summed E-state index contributed by atoms with van der Waals surface area (Å²) in [4.78, 5) is 24.9. The third kappa shape index (κ3) is 4.87. The molecule has 1 unspecified atom stereocenters. The standard InChI is InChI=1S/C26H33N5O4/c1-30(25-28-21-14-23(35-3)22(34-2)13-20(21)24(27)29-25)17-26(18-7-5-4-6-8-18)9-11-31(12-10-26)19(15-32)16-33/h4-8,13-15,19,33H,9-12,16-17H2,1-3H3,(H2,27,28,29). The fraction of sp³-hybridized carbons (Fsp3) is 0.423. The number of nitrogen functional groups attached to an aromatic ring is 1. The Kier molecular flexibility index (Phi) is 7.37. The number of likely N-dealkylation sites (N-methyl/N-ethyl adjacent to an activating group) is 1. The number of nitrogens with zero attached hydrogens (tertiary/aromatic N) is 4. The number of hydrogen-bond donors (Lipinski definition) is 2. The van der Waals surface area contributed by atoms with Gasteiger partial charge in [-0.15, -0.1) is 0 Å². The number of benzene rings is 2. The first-order chi connectivity index (χ1) is 16.9. The number of aromatic nitrogens is 2. The van der Waals surface area contributed by atoms with Gasteiger partial charge in [-0.1, -0.05) is 30.3 Å². The van der Waals surface area contributed by atoms with Crippen molar-refractivity contribution in [3.8, 4) is 11.5 Å². The van der Waals surface area contributed by atoms with Crippen molar-refractivity contribution >= 4 is 29.0 Å². The Bertz CT molecular complexity index is 1170. The molecule has 9 heteroatoms. The Balaban J connectivity index is 1.66. The highest BCUT2D eigenvalue weighted by Crippen LogP contribution is 2.38. The molecule has 0 saturated carbocycles. The molecular formula is C26H33N5O4. The molecule has 0 bridgehead atoms. The van der Waals surface area contributed by atoms with Crippen LogP contribution >= 0.6 is 0 Å². The van der Waals surface area contributed by atoms with Crippen LogP contribution < -0.4 is 20.1 Å². The van der Waals surface area contributed by atoms with E-state index in [2.05, 4.69) is 34.1 Å². The molecule has 0 aliphatic carbocycles. The van der Waals surface area contributed by atoms with E-state index in [0.29, 0.717) is 53.8 Å². The van der Waals surface area contributed by atoms with Crippen LogP contribution in [0.5, 0.6) is 11.5 Å². The minimum Gasteiger partial charge on any atom is -0.493 e. The van der Waals surface area contributed by atoms with Gasteiger partial charge < -0.3 is 30.0 Å². The molecule has 2 aromatic carbocycles. The molecule has 1 aliphatic rings. The number of nitrogens with two attached hydrogens (primary N) is 1. The first kappa shape index (κ1) is 24.7. The molecule has 1 aromatic heterocycles. The van der Waals surface area contributed by atoms with E-state index >= 15 is 0 Å². The van der Waals surface area contributed by atoms with Crippen molar-refractivity contribution in [2.24, 2.45) is 0 Å². The average molecular weight is 480 g/mol. The van der Waals surface area contributed by atoms with Crippen molar-refractivity contribution in [1.82, 2.24) is 14.9 Å². The van der Waals surface area contributed by atoms with E-state index in [-0.39, 0.29) is 12.0 Å². The maximum Gasteiger partial charge on any atom is 0.227 e. The van der Waals surface area contributed by atoms with Gasteiger partial charge in [-0.05, 0) is 37.6 Å². The molecule has 1 aliphatic heterocycles. The molecular weight excluding hydrogens is 446 g/mol. The Morgan fingerprint density at radius 2 is 1.80 bits per heavy atom. The van der Waals surface area contributed by atoms with Gasteiger partial charge in [0, 0.05) is 30.5 Å². The quantitative estimate of drug-likeness (QED) is 0.446. The zero-order chi connectivity index (χ0) is 25.0. The van der Waals surface area contributed by atoms with Gasteiger partial charge in [0.15, 0.2) is 11.5 Å². The van der Waals surface area contributed by atoms with E-state index < -0.39 is 6.04 Å². The summed E-state index contributed by atoms with van der Waals surface area (Å²) in [5.41, 5.74) is 8.08. The SMILES string of the molecule is COc1cc2nc(N(C)CC3(c4ccccc4)CCN(C(C=O)CO)CC3)nc(N)c2cc1OC. The molecule has 9 nitrogen and oxygen atoms in total. The molecule has 1 fully saturated rings. The van der Waals surface area contributed by atoms with Crippen LogP contribution in [0.3, 0.4) is 0 Å². The largest absolute Gasteiger partial charge is 0.493 e. The number of carbonyl (C=O) groups excluding carboxylic acids is 1. The van der Waals surface area contributed by atoms with E-state index in [9.17, 15) is 9.90 Å². The summed E-state index contributed by atoms with van der Waals surface area (Å²) in [6.45, 7) is 1.93. The summed E-state index contributed by atoms with van der Waals surface area (Å²) in [6.07, 6.45) is 2.50. The molecule has 0 radical (unpaired) electrons. The number of aldehydes is 1. The van der Waals surface area contributed by atoms with Crippen LogP contribution in [0.25, 0.3) is 10.9 Å². The van der Waals surface area contributed by atoms with Crippen molar-refractivity contribution in [2.45, 2.75) is 24.3 Å².